The van der Waals surface area contributed by atoms with Crippen molar-refractivity contribution in [3.05, 3.63) is 60.0 Å². The summed E-state index contributed by atoms with van der Waals surface area (Å²) in [6.07, 6.45) is 10.9. The van der Waals surface area contributed by atoms with E-state index < -0.39 is 11.6 Å². The summed E-state index contributed by atoms with van der Waals surface area (Å²) in [7, 11) is 5.52. The minimum atomic E-state index is -0.625. The van der Waals surface area contributed by atoms with Crippen LogP contribution in [0.4, 0.5) is 16.6 Å². The number of aliphatic hydroxyl groups is 1. The minimum absolute atomic E-state index is 0.0820. The van der Waals surface area contributed by atoms with Gasteiger partial charge < -0.3 is 19.5 Å². The molecule has 3 fully saturated rings. The number of aromatic nitrogens is 3. The Morgan fingerprint density at radius 3 is 2.24 bits per heavy atom. The minimum Gasteiger partial charge on any atom is -0.496 e. The molecule has 6 rings (SSSR count). The van der Waals surface area contributed by atoms with E-state index in [1.165, 1.54) is 5.56 Å². The Morgan fingerprint density at radius 1 is 0.940 bits per heavy atom. The number of pyridine rings is 1. The van der Waals surface area contributed by atoms with Crippen LogP contribution >= 0.6 is 0 Å². The maximum atomic E-state index is 14.4. The SMILES string of the molecule is COc1ccc(C2CCC(CN(C(=O)C3CCC(OC(=O)N4CC(O)C4(C)C)CC3)c3cc(-c4cnc(N(C)C)nc4)ccn3)CC2)cc1C. The average Bonchev–Trinajstić information content (AvgIpc) is 3.13. The van der Waals surface area contributed by atoms with Gasteiger partial charge in [0.15, 0.2) is 0 Å². The molecule has 1 atom stereocenters. The lowest BCUT2D eigenvalue weighted by Gasteiger charge is -2.51. The van der Waals surface area contributed by atoms with Gasteiger partial charge in [-0.05, 0) is 119 Å². The molecule has 1 unspecified atom stereocenters. The van der Waals surface area contributed by atoms with Gasteiger partial charge in [-0.15, -0.1) is 0 Å². The number of hydrogen-bond donors (Lipinski definition) is 1. The van der Waals surface area contributed by atoms with E-state index in [1.54, 1.807) is 30.6 Å². The van der Waals surface area contributed by atoms with Crippen LogP contribution in [0.3, 0.4) is 0 Å². The molecule has 1 aromatic carbocycles. The van der Waals surface area contributed by atoms with E-state index in [4.69, 9.17) is 14.5 Å². The van der Waals surface area contributed by atoms with Crippen LogP contribution in [0.5, 0.6) is 5.75 Å². The molecule has 50 heavy (non-hydrogen) atoms. The number of likely N-dealkylation sites (tertiary alicyclic amines) is 1. The van der Waals surface area contributed by atoms with Crippen molar-refractivity contribution in [3.63, 3.8) is 0 Å². The highest BCUT2D eigenvalue weighted by Crippen LogP contribution is 2.39. The molecule has 1 saturated heterocycles. The standard InChI is InChI=1S/C39H52N6O5/c1-25-19-29(13-16-33(25)49-6)27-9-7-26(8-10-27)23-44(35-20-30(17-18-40-35)31-21-41-37(42-22-31)43(4)5)36(47)28-11-14-32(15-12-28)50-38(48)45-24-34(46)39(45,2)3/h13,16-22,26-28,32,34,46H,7-12,14-15,23-24H2,1-6H3. The molecule has 0 spiro atoms. The number of anilines is 2. The molecule has 3 heterocycles. The van der Waals surface area contributed by atoms with Gasteiger partial charge in [-0.1, -0.05) is 12.1 Å². The summed E-state index contributed by atoms with van der Waals surface area (Å²) in [6.45, 7) is 6.67. The van der Waals surface area contributed by atoms with E-state index in [0.717, 1.165) is 48.1 Å². The monoisotopic (exact) mass is 684 g/mol. The highest BCUT2D eigenvalue weighted by molar-refractivity contribution is 5.94. The summed E-state index contributed by atoms with van der Waals surface area (Å²) in [5.74, 6) is 2.94. The van der Waals surface area contributed by atoms with Crippen molar-refractivity contribution in [1.29, 1.82) is 0 Å². The maximum Gasteiger partial charge on any atom is 0.410 e. The number of hydrogen-bond acceptors (Lipinski definition) is 9. The Bertz CT molecular complexity index is 1650. The molecule has 3 aromatic rings. The Morgan fingerprint density at radius 2 is 1.64 bits per heavy atom. The van der Waals surface area contributed by atoms with Gasteiger partial charge in [-0.2, -0.15) is 0 Å². The molecule has 0 radical (unpaired) electrons. The fourth-order valence-corrected chi connectivity index (χ4v) is 7.70. The van der Waals surface area contributed by atoms with Gasteiger partial charge in [0.2, 0.25) is 11.9 Å². The number of carbonyl (C=O) groups excluding carboxylic acids is 2. The third kappa shape index (κ3) is 7.57. The van der Waals surface area contributed by atoms with Crippen LogP contribution < -0.4 is 14.5 Å². The first-order valence-corrected chi connectivity index (χ1v) is 18.0. The van der Waals surface area contributed by atoms with Crippen LogP contribution in [-0.2, 0) is 9.53 Å². The van der Waals surface area contributed by atoms with Crippen molar-refractivity contribution in [2.75, 3.05) is 44.1 Å². The summed E-state index contributed by atoms with van der Waals surface area (Å²) in [4.78, 5) is 46.4. The van der Waals surface area contributed by atoms with Crippen molar-refractivity contribution in [2.45, 2.75) is 95.8 Å². The van der Waals surface area contributed by atoms with Gasteiger partial charge in [0, 0.05) is 50.7 Å². The fourth-order valence-electron chi connectivity index (χ4n) is 7.70. The lowest BCUT2D eigenvalue weighted by atomic mass is 9.78. The zero-order chi connectivity index (χ0) is 35.6. The fraction of sp³-hybridized carbons (Fsp3) is 0.564. The maximum absolute atomic E-state index is 14.4. The number of ether oxygens (including phenoxy) is 2. The molecular formula is C39H52N6O5. The molecule has 1 N–H and O–H groups in total. The second kappa shape index (κ2) is 14.9. The molecule has 2 aromatic heterocycles. The van der Waals surface area contributed by atoms with Gasteiger partial charge in [0.05, 0.1) is 25.3 Å². The van der Waals surface area contributed by atoms with Crippen LogP contribution in [0.1, 0.15) is 82.3 Å². The number of carbonyl (C=O) groups is 2. The van der Waals surface area contributed by atoms with Gasteiger partial charge in [-0.3, -0.25) is 14.6 Å². The second-order valence-electron chi connectivity index (χ2n) is 15.1. The van der Waals surface area contributed by atoms with E-state index in [0.29, 0.717) is 55.8 Å². The number of β-amino-alcohol motifs (C(OH)–C–C–N with tert-alkyl or cyclic N) is 1. The van der Waals surface area contributed by atoms with Crippen molar-refractivity contribution in [1.82, 2.24) is 19.9 Å². The first-order chi connectivity index (χ1) is 23.9. The predicted octanol–water partition coefficient (Wildman–Crippen LogP) is 6.38. The largest absolute Gasteiger partial charge is 0.496 e. The second-order valence-corrected chi connectivity index (χ2v) is 15.1. The Kier molecular flexibility index (Phi) is 10.6. The van der Waals surface area contributed by atoms with Crippen LogP contribution in [0, 0.1) is 18.8 Å². The highest BCUT2D eigenvalue weighted by atomic mass is 16.6. The quantitative estimate of drug-likeness (QED) is 0.274. The van der Waals surface area contributed by atoms with Crippen LogP contribution in [0.2, 0.25) is 0 Å². The zero-order valence-electron chi connectivity index (χ0n) is 30.3. The molecule has 1 aliphatic heterocycles. The lowest BCUT2D eigenvalue weighted by molar-refractivity contribution is -0.125. The smallest absolute Gasteiger partial charge is 0.410 e. The molecule has 2 aliphatic carbocycles. The molecule has 0 bridgehead atoms. The van der Waals surface area contributed by atoms with E-state index in [9.17, 15) is 14.7 Å². The zero-order valence-corrected chi connectivity index (χ0v) is 30.3. The number of rotatable bonds is 9. The van der Waals surface area contributed by atoms with Crippen LogP contribution in [0.15, 0.2) is 48.9 Å². The van der Waals surface area contributed by atoms with E-state index >= 15 is 0 Å². The van der Waals surface area contributed by atoms with Crippen molar-refractivity contribution in [3.8, 4) is 16.9 Å². The first-order valence-electron chi connectivity index (χ1n) is 18.0. The Hall–Kier alpha value is -4.25. The van der Waals surface area contributed by atoms with Gasteiger partial charge >= 0.3 is 6.09 Å². The molecule has 2 saturated carbocycles. The van der Waals surface area contributed by atoms with Crippen LogP contribution in [-0.4, -0.2) is 89.0 Å². The molecule has 268 valence electrons. The lowest BCUT2D eigenvalue weighted by Crippen LogP contribution is -2.69. The number of amides is 2. The number of aliphatic hydroxyl groups excluding tert-OH is 1. The van der Waals surface area contributed by atoms with E-state index in [2.05, 4.69) is 35.1 Å². The summed E-state index contributed by atoms with van der Waals surface area (Å²) >= 11 is 0. The molecule has 11 nitrogen and oxygen atoms in total. The van der Waals surface area contributed by atoms with Crippen LogP contribution in [0.25, 0.3) is 11.1 Å². The van der Waals surface area contributed by atoms with Crippen molar-refractivity contribution in [2.24, 2.45) is 11.8 Å². The summed E-state index contributed by atoms with van der Waals surface area (Å²) in [6, 6.07) is 10.4. The van der Waals surface area contributed by atoms with Crippen molar-refractivity contribution >= 4 is 23.8 Å². The Balaban J connectivity index is 1.15. The van der Waals surface area contributed by atoms with E-state index in [1.807, 2.05) is 49.9 Å². The third-order valence-electron chi connectivity index (χ3n) is 11.2. The van der Waals surface area contributed by atoms with E-state index in [-0.39, 0.29) is 30.6 Å². The normalized spacial score (nSPS) is 24.5. The van der Waals surface area contributed by atoms with Gasteiger partial charge in [0.1, 0.15) is 17.7 Å². The average molecular weight is 685 g/mol. The van der Waals surface area contributed by atoms with Gasteiger partial charge in [0.25, 0.3) is 0 Å². The summed E-state index contributed by atoms with van der Waals surface area (Å²) < 4.78 is 11.3. The molecule has 2 amide bonds. The number of methoxy groups -OCH3 is 1. The summed E-state index contributed by atoms with van der Waals surface area (Å²) in [5.41, 5.74) is 3.66. The first kappa shape index (κ1) is 35.6. The molecule has 11 heteroatoms. The number of aryl methyl sites for hydroxylation is 1. The number of benzene rings is 1. The van der Waals surface area contributed by atoms with Gasteiger partial charge in [-0.25, -0.2) is 19.7 Å². The van der Waals surface area contributed by atoms with Crippen molar-refractivity contribution < 1.29 is 24.2 Å². The summed E-state index contributed by atoms with van der Waals surface area (Å²) in [5, 5.41) is 10.1. The molecular weight excluding hydrogens is 632 g/mol. The Labute approximate surface area is 296 Å². The predicted molar refractivity (Wildman–Crippen MR) is 193 cm³/mol. The topological polar surface area (TPSA) is 121 Å². The number of nitrogens with zero attached hydrogens (tertiary/aromatic N) is 6. The highest BCUT2D eigenvalue weighted by Gasteiger charge is 2.49. The third-order valence-corrected chi connectivity index (χ3v) is 11.2. The molecule has 3 aliphatic rings.